The summed E-state index contributed by atoms with van der Waals surface area (Å²) in [6.07, 6.45) is -4.32. The Balaban J connectivity index is 2.10. The van der Waals surface area contributed by atoms with E-state index in [0.717, 1.165) is 0 Å². The van der Waals surface area contributed by atoms with E-state index in [1.807, 2.05) is 0 Å². The second-order valence-corrected chi connectivity index (χ2v) is 4.13. The van der Waals surface area contributed by atoms with Crippen LogP contribution in [0.5, 0.6) is 0 Å². The number of aliphatic hydroxyl groups excluding tert-OH is 2. The van der Waals surface area contributed by atoms with Crippen LogP contribution in [0.2, 0.25) is 0 Å². The first kappa shape index (κ1) is 13.5. The highest BCUT2D eigenvalue weighted by Gasteiger charge is 2.46. The number of hydrogen-bond acceptors (Lipinski definition) is 6. The lowest BCUT2D eigenvalue weighted by Gasteiger charge is -2.17. The van der Waals surface area contributed by atoms with Crippen LogP contribution >= 0.6 is 0 Å². The van der Waals surface area contributed by atoms with Gasteiger partial charge >= 0.3 is 5.97 Å². The molecule has 0 bridgehead atoms. The van der Waals surface area contributed by atoms with Crippen molar-refractivity contribution in [2.75, 3.05) is 6.61 Å². The number of benzene rings is 1. The average molecular weight is 263 g/mol. The first-order chi connectivity index (χ1) is 9.17. The molecule has 2 rings (SSSR count). The predicted molar refractivity (Wildman–Crippen MR) is 63.0 cm³/mol. The number of nitriles is 1. The Morgan fingerprint density at radius 1 is 1.42 bits per heavy atom. The molecule has 0 spiro atoms. The molecule has 6 heteroatoms. The molecule has 0 saturated carbocycles. The molecular formula is C13H13NO5. The number of ether oxygens (including phenoxy) is 2. The molecule has 100 valence electrons. The summed E-state index contributed by atoms with van der Waals surface area (Å²) in [5.41, 5.74) is 0.318. The maximum atomic E-state index is 11.8. The van der Waals surface area contributed by atoms with Crippen LogP contribution in [0, 0.1) is 11.3 Å². The fraction of sp³-hybridized carbons (Fsp3) is 0.385. The summed E-state index contributed by atoms with van der Waals surface area (Å²) < 4.78 is 10.2. The number of nitrogens with zero attached hydrogens (tertiary/aromatic N) is 1. The minimum atomic E-state index is -1.22. The molecule has 6 nitrogen and oxygen atoms in total. The van der Waals surface area contributed by atoms with Gasteiger partial charge < -0.3 is 19.7 Å². The maximum Gasteiger partial charge on any atom is 0.338 e. The lowest BCUT2D eigenvalue weighted by Crippen LogP contribution is -2.37. The lowest BCUT2D eigenvalue weighted by molar-refractivity contribution is -0.0175. The van der Waals surface area contributed by atoms with E-state index in [9.17, 15) is 9.90 Å². The van der Waals surface area contributed by atoms with Crippen molar-refractivity contribution in [2.24, 2.45) is 0 Å². The van der Waals surface area contributed by atoms with Crippen molar-refractivity contribution in [3.05, 3.63) is 35.9 Å². The number of esters is 1. The Labute approximate surface area is 109 Å². The van der Waals surface area contributed by atoms with Crippen LogP contribution in [0.1, 0.15) is 10.4 Å². The maximum absolute atomic E-state index is 11.8. The summed E-state index contributed by atoms with van der Waals surface area (Å²) in [6, 6.07) is 10.0. The zero-order valence-corrected chi connectivity index (χ0v) is 9.97. The first-order valence-corrected chi connectivity index (χ1v) is 5.77. The van der Waals surface area contributed by atoms with E-state index in [1.54, 1.807) is 36.4 Å². The first-order valence-electron chi connectivity index (χ1n) is 5.77. The SMILES string of the molecule is N#C[C@@H]1O[C@H](CO)[C@@H](O)[C@H]1OC(=O)c1ccccc1. The summed E-state index contributed by atoms with van der Waals surface area (Å²) in [5.74, 6) is -0.646. The van der Waals surface area contributed by atoms with Gasteiger partial charge in [0.15, 0.2) is 12.2 Å². The van der Waals surface area contributed by atoms with Gasteiger partial charge in [0.2, 0.25) is 0 Å². The third-order valence-corrected chi connectivity index (χ3v) is 2.90. The van der Waals surface area contributed by atoms with E-state index in [2.05, 4.69) is 0 Å². The molecule has 1 saturated heterocycles. The van der Waals surface area contributed by atoms with Crippen molar-refractivity contribution >= 4 is 5.97 Å². The second-order valence-electron chi connectivity index (χ2n) is 4.13. The summed E-state index contributed by atoms with van der Waals surface area (Å²) in [4.78, 5) is 11.8. The molecule has 2 N–H and O–H groups in total. The molecule has 0 amide bonds. The summed E-state index contributed by atoms with van der Waals surface area (Å²) >= 11 is 0. The average Bonchev–Trinajstić information content (AvgIpc) is 2.76. The smallest absolute Gasteiger partial charge is 0.338 e. The molecule has 0 unspecified atom stereocenters. The van der Waals surface area contributed by atoms with Crippen molar-refractivity contribution in [1.82, 2.24) is 0 Å². The van der Waals surface area contributed by atoms with Crippen molar-refractivity contribution in [3.63, 3.8) is 0 Å². The normalized spacial score (nSPS) is 29.7. The quantitative estimate of drug-likeness (QED) is 0.736. The van der Waals surface area contributed by atoms with Crippen molar-refractivity contribution in [3.8, 4) is 6.07 Å². The van der Waals surface area contributed by atoms with E-state index < -0.39 is 37.0 Å². The van der Waals surface area contributed by atoms with E-state index in [4.69, 9.17) is 19.8 Å². The molecule has 0 aromatic heterocycles. The van der Waals surface area contributed by atoms with Crippen LogP contribution in [0.15, 0.2) is 30.3 Å². The van der Waals surface area contributed by atoms with Gasteiger partial charge in [0, 0.05) is 0 Å². The van der Waals surface area contributed by atoms with E-state index in [0.29, 0.717) is 5.56 Å². The van der Waals surface area contributed by atoms with Crippen molar-refractivity contribution in [1.29, 1.82) is 5.26 Å². The topological polar surface area (TPSA) is 99.8 Å². The Morgan fingerprint density at radius 3 is 2.68 bits per heavy atom. The molecule has 0 aliphatic carbocycles. The molecule has 1 heterocycles. The van der Waals surface area contributed by atoms with Crippen molar-refractivity contribution in [2.45, 2.75) is 24.4 Å². The van der Waals surface area contributed by atoms with Gasteiger partial charge in [-0.3, -0.25) is 0 Å². The lowest BCUT2D eigenvalue weighted by atomic mass is 10.1. The predicted octanol–water partition coefficient (Wildman–Crippen LogP) is -0.144. The molecule has 1 aromatic rings. The number of carbonyl (C=O) groups excluding carboxylic acids is 1. The number of rotatable bonds is 3. The highest BCUT2D eigenvalue weighted by Crippen LogP contribution is 2.24. The van der Waals surface area contributed by atoms with Gasteiger partial charge in [-0.05, 0) is 12.1 Å². The molecule has 19 heavy (non-hydrogen) atoms. The van der Waals surface area contributed by atoms with Gasteiger partial charge in [-0.2, -0.15) is 5.26 Å². The van der Waals surface area contributed by atoms with Crippen LogP contribution < -0.4 is 0 Å². The second kappa shape index (κ2) is 5.80. The Morgan fingerprint density at radius 2 is 2.11 bits per heavy atom. The molecule has 1 aromatic carbocycles. The summed E-state index contributed by atoms with van der Waals surface area (Å²) in [7, 11) is 0. The molecule has 4 atom stereocenters. The Bertz CT molecular complexity index is 484. The van der Waals surface area contributed by atoms with Crippen LogP contribution in [0.3, 0.4) is 0 Å². The molecular weight excluding hydrogens is 250 g/mol. The highest BCUT2D eigenvalue weighted by atomic mass is 16.6. The largest absolute Gasteiger partial charge is 0.452 e. The number of carbonyl (C=O) groups is 1. The molecule has 1 aliphatic heterocycles. The van der Waals surface area contributed by atoms with Gasteiger partial charge in [-0.15, -0.1) is 0 Å². The van der Waals surface area contributed by atoms with Gasteiger partial charge in [0.1, 0.15) is 12.2 Å². The Hall–Kier alpha value is -1.94. The van der Waals surface area contributed by atoms with E-state index in [-0.39, 0.29) is 0 Å². The van der Waals surface area contributed by atoms with Crippen LogP contribution in [-0.4, -0.2) is 47.2 Å². The number of hydrogen-bond donors (Lipinski definition) is 2. The van der Waals surface area contributed by atoms with Gasteiger partial charge in [-0.1, -0.05) is 18.2 Å². The summed E-state index contributed by atoms with van der Waals surface area (Å²) in [5, 5.41) is 27.7. The third kappa shape index (κ3) is 2.74. The minimum Gasteiger partial charge on any atom is -0.452 e. The number of aliphatic hydroxyl groups is 2. The van der Waals surface area contributed by atoms with Gasteiger partial charge in [0.05, 0.1) is 18.2 Å². The molecule has 1 aliphatic rings. The molecule has 0 radical (unpaired) electrons. The Kier molecular flexibility index (Phi) is 4.12. The minimum absolute atomic E-state index is 0.318. The van der Waals surface area contributed by atoms with Crippen LogP contribution in [0.4, 0.5) is 0 Å². The monoisotopic (exact) mass is 263 g/mol. The zero-order chi connectivity index (χ0) is 13.8. The zero-order valence-electron chi connectivity index (χ0n) is 9.97. The van der Waals surface area contributed by atoms with E-state index >= 15 is 0 Å². The van der Waals surface area contributed by atoms with Crippen LogP contribution in [0.25, 0.3) is 0 Å². The van der Waals surface area contributed by atoms with E-state index in [1.165, 1.54) is 0 Å². The highest BCUT2D eigenvalue weighted by molar-refractivity contribution is 5.89. The standard InChI is InChI=1S/C13H13NO5/c14-6-9-12(11(16)10(7-15)18-9)19-13(17)8-4-2-1-3-5-8/h1-5,9-12,15-16H,7H2/t9-,10+,11+,12-/m0/s1. The molecule has 1 fully saturated rings. The summed E-state index contributed by atoms with van der Waals surface area (Å²) in [6.45, 7) is -0.446. The fourth-order valence-corrected chi connectivity index (χ4v) is 1.89. The van der Waals surface area contributed by atoms with Crippen molar-refractivity contribution < 1.29 is 24.5 Å². The van der Waals surface area contributed by atoms with Crippen LogP contribution in [-0.2, 0) is 9.47 Å². The third-order valence-electron chi connectivity index (χ3n) is 2.90. The van der Waals surface area contributed by atoms with Gasteiger partial charge in [-0.25, -0.2) is 4.79 Å². The van der Waals surface area contributed by atoms with Gasteiger partial charge in [0.25, 0.3) is 0 Å². The fourth-order valence-electron chi connectivity index (χ4n) is 1.89.